The van der Waals surface area contributed by atoms with Gasteiger partial charge >= 0.3 is 0 Å². The number of Topliss-reactive ketones (excluding diaryl/α,β-unsaturated/α-hetero) is 4. The molecule has 0 aliphatic carbocycles. The number of thiol groups is 2. The van der Waals surface area contributed by atoms with E-state index in [9.17, 15) is 39.6 Å². The van der Waals surface area contributed by atoms with Gasteiger partial charge in [-0.15, -0.1) is 0 Å². The minimum atomic E-state index is -3.51. The van der Waals surface area contributed by atoms with Gasteiger partial charge in [0, 0.05) is 0 Å². The molecular weight excluding hydrogens is 416 g/mol. The van der Waals surface area contributed by atoms with Gasteiger partial charge in [-0.25, -0.2) is 0 Å². The first-order valence-electron chi connectivity index (χ1n) is 8.12. The van der Waals surface area contributed by atoms with Crippen molar-refractivity contribution in [2.75, 3.05) is 6.61 Å². The zero-order valence-corrected chi connectivity index (χ0v) is 17.4. The second kappa shape index (κ2) is 8.48. The molecule has 0 bridgehead atoms. The molecule has 1 unspecified atom stereocenters. The molecule has 12 heteroatoms. The fourth-order valence-corrected chi connectivity index (χ4v) is 3.43. The van der Waals surface area contributed by atoms with Crippen LogP contribution in [-0.4, -0.2) is 90.0 Å². The smallest absolute Gasteiger partial charge is 0.213 e. The molecular formula is C16H24O10S2. The van der Waals surface area contributed by atoms with E-state index in [1.807, 2.05) is 0 Å². The summed E-state index contributed by atoms with van der Waals surface area (Å²) in [5.74, 6) is -4.99. The third-order valence-corrected chi connectivity index (χ3v) is 5.11. The molecule has 1 saturated heterocycles. The number of rotatable bonds is 8. The Bertz CT molecular complexity index is 682. The Kier molecular flexibility index (Phi) is 7.62. The van der Waals surface area contributed by atoms with Gasteiger partial charge in [-0.3, -0.25) is 19.2 Å². The summed E-state index contributed by atoms with van der Waals surface area (Å²) in [5, 5.41) is 43.4. The van der Waals surface area contributed by atoms with Gasteiger partial charge in [-0.05, 0) is 27.7 Å². The van der Waals surface area contributed by atoms with E-state index in [1.165, 1.54) is 0 Å². The standard InChI is InChI=1S/C16H24O10S2/c1-6(17)11(21)12-14(22,7(2)18)16(24,9(4)20)15(23,8(3)19)13(26-12)25-5-10(27)28/h10-13,21-24,27-28H,5H2,1-4H3/t11?,12-,13+,14+,15+,16+/m1/s1. The summed E-state index contributed by atoms with van der Waals surface area (Å²) in [6, 6.07) is 0. The third kappa shape index (κ3) is 3.56. The van der Waals surface area contributed by atoms with Crippen LogP contribution in [-0.2, 0) is 28.7 Å². The van der Waals surface area contributed by atoms with Gasteiger partial charge < -0.3 is 29.9 Å². The average molecular weight is 440 g/mol. The molecule has 0 amide bonds. The average Bonchev–Trinajstić information content (AvgIpc) is 2.57. The first-order valence-corrected chi connectivity index (χ1v) is 9.15. The first kappa shape index (κ1) is 25.2. The van der Waals surface area contributed by atoms with Crippen molar-refractivity contribution in [1.29, 1.82) is 0 Å². The van der Waals surface area contributed by atoms with E-state index in [0.717, 1.165) is 20.8 Å². The van der Waals surface area contributed by atoms with Gasteiger partial charge in [0.05, 0.1) is 11.2 Å². The SMILES string of the molecule is CC(=O)C(O)[C@H]1O[C@H](OCC(S)S)[C@@](O)(C(C)=O)[C@](O)(C(C)=O)[C@]1(O)C(C)=O. The molecule has 0 radical (unpaired) electrons. The number of carbonyl (C=O) groups excluding carboxylic acids is 4. The van der Waals surface area contributed by atoms with Crippen LogP contribution in [0.1, 0.15) is 27.7 Å². The lowest BCUT2D eigenvalue weighted by molar-refractivity contribution is -0.372. The Morgan fingerprint density at radius 1 is 0.964 bits per heavy atom. The molecule has 0 aromatic carbocycles. The molecule has 1 aliphatic heterocycles. The monoisotopic (exact) mass is 440 g/mol. The Morgan fingerprint density at radius 3 is 1.75 bits per heavy atom. The van der Waals surface area contributed by atoms with Crippen LogP contribution in [0.15, 0.2) is 0 Å². The quantitative estimate of drug-likeness (QED) is 0.180. The van der Waals surface area contributed by atoms with Crippen molar-refractivity contribution in [3.05, 3.63) is 0 Å². The summed E-state index contributed by atoms with van der Waals surface area (Å²) < 4.78 is 9.69. The summed E-state index contributed by atoms with van der Waals surface area (Å²) >= 11 is 7.87. The predicted molar refractivity (Wildman–Crippen MR) is 100.0 cm³/mol. The molecule has 4 N–H and O–H groups in total. The van der Waals surface area contributed by atoms with Crippen LogP contribution < -0.4 is 0 Å². The van der Waals surface area contributed by atoms with Crippen LogP contribution >= 0.6 is 25.3 Å². The van der Waals surface area contributed by atoms with Crippen molar-refractivity contribution in [3.63, 3.8) is 0 Å². The highest BCUT2D eigenvalue weighted by Gasteiger charge is 2.79. The summed E-state index contributed by atoms with van der Waals surface area (Å²) in [4.78, 5) is 48.7. The van der Waals surface area contributed by atoms with Crippen molar-refractivity contribution < 1.29 is 49.1 Å². The lowest BCUT2D eigenvalue weighted by atomic mass is 9.60. The van der Waals surface area contributed by atoms with Crippen LogP contribution in [0.4, 0.5) is 0 Å². The largest absolute Gasteiger partial charge is 0.382 e. The van der Waals surface area contributed by atoms with E-state index in [2.05, 4.69) is 25.3 Å². The normalized spacial score (nSPS) is 36.8. The van der Waals surface area contributed by atoms with Crippen molar-refractivity contribution in [3.8, 4) is 0 Å². The Hall–Kier alpha value is -0.860. The van der Waals surface area contributed by atoms with Crippen LogP contribution in [0.2, 0.25) is 0 Å². The Balaban J connectivity index is 3.85. The number of hydrogen-bond donors (Lipinski definition) is 6. The second-order valence-electron chi connectivity index (χ2n) is 6.67. The minimum Gasteiger partial charge on any atom is -0.382 e. The molecule has 0 aromatic rings. The van der Waals surface area contributed by atoms with E-state index < -0.39 is 63.0 Å². The number of ether oxygens (including phenoxy) is 2. The zero-order chi connectivity index (χ0) is 22.2. The number of carbonyl (C=O) groups is 4. The van der Waals surface area contributed by atoms with Crippen LogP contribution in [0.5, 0.6) is 0 Å². The molecule has 1 heterocycles. The van der Waals surface area contributed by atoms with Crippen LogP contribution in [0.25, 0.3) is 0 Å². The van der Waals surface area contributed by atoms with Gasteiger partial charge in [0.15, 0.2) is 35.0 Å². The van der Waals surface area contributed by atoms with Crippen molar-refractivity contribution in [1.82, 2.24) is 0 Å². The summed E-state index contributed by atoms with van der Waals surface area (Å²) in [5.41, 5.74) is -10.1. The molecule has 160 valence electrons. The number of aliphatic hydroxyl groups is 4. The molecule has 1 aliphatic rings. The highest BCUT2D eigenvalue weighted by atomic mass is 32.2. The highest BCUT2D eigenvalue weighted by Crippen LogP contribution is 2.47. The molecule has 10 nitrogen and oxygen atoms in total. The molecule has 1 fully saturated rings. The third-order valence-electron chi connectivity index (χ3n) is 4.81. The van der Waals surface area contributed by atoms with E-state index in [1.54, 1.807) is 0 Å². The fourth-order valence-electron chi connectivity index (χ4n) is 3.26. The lowest BCUT2D eigenvalue weighted by Crippen LogP contribution is -2.87. The highest BCUT2D eigenvalue weighted by molar-refractivity contribution is 7.99. The zero-order valence-electron chi connectivity index (χ0n) is 15.6. The maximum atomic E-state index is 12.4. The van der Waals surface area contributed by atoms with Crippen LogP contribution in [0.3, 0.4) is 0 Å². The van der Waals surface area contributed by atoms with Gasteiger partial charge in [0.2, 0.25) is 11.2 Å². The minimum absolute atomic E-state index is 0.387. The summed E-state index contributed by atoms with van der Waals surface area (Å²) in [7, 11) is 0. The van der Waals surface area contributed by atoms with Crippen molar-refractivity contribution in [2.45, 2.75) is 67.6 Å². The first-order chi connectivity index (χ1) is 12.6. The Morgan fingerprint density at radius 2 is 1.43 bits per heavy atom. The molecule has 0 spiro atoms. The van der Waals surface area contributed by atoms with Gasteiger partial charge in [-0.2, -0.15) is 25.3 Å². The van der Waals surface area contributed by atoms with Crippen molar-refractivity contribution >= 4 is 48.4 Å². The maximum absolute atomic E-state index is 12.4. The lowest BCUT2D eigenvalue weighted by Gasteiger charge is -2.58. The summed E-state index contributed by atoms with van der Waals surface area (Å²) in [6.45, 7) is 2.73. The molecule has 6 atom stereocenters. The van der Waals surface area contributed by atoms with Gasteiger partial charge in [-0.1, -0.05) is 0 Å². The molecule has 28 heavy (non-hydrogen) atoms. The number of ketones is 4. The summed E-state index contributed by atoms with van der Waals surface area (Å²) in [6.07, 6.45) is -6.59. The van der Waals surface area contributed by atoms with Crippen molar-refractivity contribution in [2.24, 2.45) is 0 Å². The van der Waals surface area contributed by atoms with Crippen LogP contribution in [0, 0.1) is 0 Å². The van der Waals surface area contributed by atoms with Gasteiger partial charge in [0.25, 0.3) is 0 Å². The fraction of sp³-hybridized carbons (Fsp3) is 0.750. The Labute approximate surface area is 172 Å². The van der Waals surface area contributed by atoms with E-state index in [-0.39, 0.29) is 6.61 Å². The van der Waals surface area contributed by atoms with E-state index in [4.69, 9.17) is 9.47 Å². The maximum Gasteiger partial charge on any atom is 0.213 e. The van der Waals surface area contributed by atoms with E-state index in [0.29, 0.717) is 6.92 Å². The van der Waals surface area contributed by atoms with E-state index >= 15 is 0 Å². The topological polar surface area (TPSA) is 168 Å². The predicted octanol–water partition coefficient (Wildman–Crippen LogP) is -2.18. The van der Waals surface area contributed by atoms with Gasteiger partial charge in [0.1, 0.15) is 12.2 Å². The second-order valence-corrected chi connectivity index (χ2v) is 8.32. The number of aliphatic hydroxyl groups excluding tert-OH is 1. The molecule has 0 aromatic heterocycles. The molecule has 0 saturated carbocycles. The molecule has 1 rings (SSSR count). The number of hydrogen-bond acceptors (Lipinski definition) is 12.